The average molecular weight is 284 g/mol. The van der Waals surface area contributed by atoms with Gasteiger partial charge in [-0.25, -0.2) is 17.6 Å². The molecule has 2 N–H and O–H groups in total. The molecule has 2 rings (SSSR count). The van der Waals surface area contributed by atoms with Crippen molar-refractivity contribution >= 4 is 15.9 Å². The van der Waals surface area contributed by atoms with Crippen LogP contribution < -0.4 is 5.73 Å². The molecule has 1 aliphatic carbocycles. The van der Waals surface area contributed by atoms with Crippen molar-refractivity contribution in [2.45, 2.75) is 18.4 Å². The molecule has 0 saturated heterocycles. The van der Waals surface area contributed by atoms with E-state index in [9.17, 15) is 17.6 Å². The van der Waals surface area contributed by atoms with Crippen LogP contribution in [0.3, 0.4) is 0 Å². The number of hydrogen-bond donors (Lipinski definition) is 1. The zero-order chi connectivity index (χ0) is 11.4. The molecule has 0 amide bonds. The van der Waals surface area contributed by atoms with Gasteiger partial charge >= 0.3 is 0 Å². The molecule has 0 unspecified atom stereocenters. The molecule has 0 spiro atoms. The van der Waals surface area contributed by atoms with Gasteiger partial charge in [-0.1, -0.05) is 0 Å². The molecule has 1 nitrogen and oxygen atoms in total. The Kier molecular flexibility index (Phi) is 2.31. The van der Waals surface area contributed by atoms with Crippen molar-refractivity contribution in [2.75, 3.05) is 0 Å². The predicted molar refractivity (Wildman–Crippen MR) is 49.1 cm³/mol. The third-order valence-corrected chi connectivity index (χ3v) is 3.19. The molecule has 0 aromatic heterocycles. The van der Waals surface area contributed by atoms with Crippen molar-refractivity contribution in [3.05, 3.63) is 33.3 Å². The largest absolute Gasteiger partial charge is 0.321 e. The maximum Gasteiger partial charge on any atom is 0.176 e. The van der Waals surface area contributed by atoms with Crippen LogP contribution >= 0.6 is 15.9 Å². The first-order chi connectivity index (χ1) is 6.88. The molecule has 82 valence electrons. The summed E-state index contributed by atoms with van der Waals surface area (Å²) in [6.45, 7) is 0. The highest BCUT2D eigenvalue weighted by molar-refractivity contribution is 9.10. The van der Waals surface area contributed by atoms with Crippen molar-refractivity contribution in [2.24, 2.45) is 5.73 Å². The van der Waals surface area contributed by atoms with Gasteiger partial charge in [-0.05, 0) is 28.8 Å². The van der Waals surface area contributed by atoms with Gasteiger partial charge in [0.1, 0.15) is 0 Å². The quantitative estimate of drug-likeness (QED) is 0.479. The Balaban J connectivity index is 2.74. The van der Waals surface area contributed by atoms with E-state index < -0.39 is 38.8 Å². The molecular formula is C9H6BrF4N. The van der Waals surface area contributed by atoms with Crippen LogP contribution in [0.2, 0.25) is 0 Å². The van der Waals surface area contributed by atoms with E-state index in [0.717, 1.165) is 0 Å². The number of rotatable bonds is 1. The van der Waals surface area contributed by atoms with Crippen molar-refractivity contribution in [3.8, 4) is 0 Å². The van der Waals surface area contributed by atoms with Crippen LogP contribution in [0.15, 0.2) is 4.47 Å². The minimum absolute atomic E-state index is 0.321. The van der Waals surface area contributed by atoms with E-state index in [1.807, 2.05) is 0 Å². The van der Waals surface area contributed by atoms with Crippen LogP contribution in [0.5, 0.6) is 0 Å². The highest BCUT2D eigenvalue weighted by Gasteiger charge is 2.46. The molecule has 0 atom stereocenters. The number of hydrogen-bond acceptors (Lipinski definition) is 1. The smallest absolute Gasteiger partial charge is 0.176 e. The summed E-state index contributed by atoms with van der Waals surface area (Å²) in [5.74, 6) is -5.72. The molecule has 0 aliphatic heterocycles. The molecule has 0 radical (unpaired) electrons. The zero-order valence-electron chi connectivity index (χ0n) is 7.38. The van der Waals surface area contributed by atoms with Gasteiger partial charge in [0.15, 0.2) is 23.3 Å². The molecule has 1 saturated carbocycles. The Morgan fingerprint density at radius 3 is 1.67 bits per heavy atom. The summed E-state index contributed by atoms with van der Waals surface area (Å²) in [7, 11) is 0. The fourth-order valence-corrected chi connectivity index (χ4v) is 1.77. The lowest BCUT2D eigenvalue weighted by atomic mass is 10.0. The first-order valence-corrected chi connectivity index (χ1v) is 4.98. The highest BCUT2D eigenvalue weighted by atomic mass is 79.9. The molecule has 1 fully saturated rings. The standard InChI is InChI=1S/C9H6BrF4N/c10-4-7(13)5(11)3(6(12)8(4)14)9(15)1-2-9/h1-2,15H2. The van der Waals surface area contributed by atoms with E-state index in [1.165, 1.54) is 0 Å². The van der Waals surface area contributed by atoms with E-state index in [-0.39, 0.29) is 0 Å². The third-order valence-electron chi connectivity index (χ3n) is 2.50. The highest BCUT2D eigenvalue weighted by Crippen LogP contribution is 2.46. The summed E-state index contributed by atoms with van der Waals surface area (Å²) in [6.07, 6.45) is 0.642. The number of benzene rings is 1. The molecule has 0 heterocycles. The van der Waals surface area contributed by atoms with Gasteiger partial charge in [-0.15, -0.1) is 0 Å². The van der Waals surface area contributed by atoms with Crippen molar-refractivity contribution in [1.82, 2.24) is 0 Å². The van der Waals surface area contributed by atoms with Crippen LogP contribution in [0.4, 0.5) is 17.6 Å². The molecule has 1 aliphatic rings. The fourth-order valence-electron chi connectivity index (χ4n) is 1.43. The predicted octanol–water partition coefficient (Wildman–Crippen LogP) is 2.95. The minimum atomic E-state index is -1.44. The van der Waals surface area contributed by atoms with Gasteiger partial charge in [0, 0.05) is 11.1 Å². The second kappa shape index (κ2) is 3.18. The minimum Gasteiger partial charge on any atom is -0.321 e. The second-order valence-corrected chi connectivity index (χ2v) is 4.39. The first-order valence-electron chi connectivity index (χ1n) is 4.19. The normalized spacial score (nSPS) is 18.0. The average Bonchev–Trinajstić information content (AvgIpc) is 2.91. The molecule has 1 aromatic rings. The summed E-state index contributed by atoms with van der Waals surface area (Å²) < 4.78 is 52.1. The summed E-state index contributed by atoms with van der Waals surface area (Å²) in [5, 5.41) is 0. The monoisotopic (exact) mass is 283 g/mol. The van der Waals surface area contributed by atoms with E-state index in [0.29, 0.717) is 12.8 Å². The topological polar surface area (TPSA) is 26.0 Å². The summed E-state index contributed by atoms with van der Waals surface area (Å²) in [4.78, 5) is 0. The fraction of sp³-hybridized carbons (Fsp3) is 0.333. The SMILES string of the molecule is NC1(c2c(F)c(F)c(Br)c(F)c2F)CC1. The van der Waals surface area contributed by atoms with Gasteiger partial charge in [0.2, 0.25) is 0 Å². The third kappa shape index (κ3) is 1.47. The van der Waals surface area contributed by atoms with Crippen molar-refractivity contribution in [3.63, 3.8) is 0 Å². The maximum atomic E-state index is 13.3. The maximum absolute atomic E-state index is 13.3. The molecule has 1 aromatic carbocycles. The number of nitrogens with two attached hydrogens (primary N) is 1. The van der Waals surface area contributed by atoms with Gasteiger partial charge < -0.3 is 5.73 Å². The Hall–Kier alpha value is -0.620. The zero-order valence-corrected chi connectivity index (χ0v) is 8.97. The molecule has 0 bridgehead atoms. The Labute approximate surface area is 91.4 Å². The summed E-state index contributed by atoms with van der Waals surface area (Å²) >= 11 is 2.43. The van der Waals surface area contributed by atoms with Gasteiger partial charge in [0.25, 0.3) is 0 Å². The molecule has 6 heteroatoms. The van der Waals surface area contributed by atoms with Crippen LogP contribution in [-0.2, 0) is 5.54 Å². The lowest BCUT2D eigenvalue weighted by molar-refractivity contribution is 0.417. The van der Waals surface area contributed by atoms with Gasteiger partial charge in [0.05, 0.1) is 4.47 Å². The van der Waals surface area contributed by atoms with Crippen molar-refractivity contribution in [1.29, 1.82) is 0 Å². The Morgan fingerprint density at radius 2 is 1.33 bits per heavy atom. The molecular weight excluding hydrogens is 278 g/mol. The Bertz CT molecular complexity index is 413. The lowest BCUT2D eigenvalue weighted by Gasteiger charge is -2.13. The molecule has 15 heavy (non-hydrogen) atoms. The van der Waals surface area contributed by atoms with Gasteiger partial charge in [-0.2, -0.15) is 0 Å². The van der Waals surface area contributed by atoms with E-state index in [4.69, 9.17) is 5.73 Å². The van der Waals surface area contributed by atoms with Crippen LogP contribution in [0.25, 0.3) is 0 Å². The van der Waals surface area contributed by atoms with Crippen LogP contribution in [-0.4, -0.2) is 0 Å². The lowest BCUT2D eigenvalue weighted by Crippen LogP contribution is -2.24. The van der Waals surface area contributed by atoms with E-state index >= 15 is 0 Å². The van der Waals surface area contributed by atoms with E-state index in [2.05, 4.69) is 15.9 Å². The number of halogens is 5. The first kappa shape index (κ1) is 10.9. The summed E-state index contributed by atoms with van der Waals surface area (Å²) in [6, 6.07) is 0. The second-order valence-electron chi connectivity index (χ2n) is 3.60. The van der Waals surface area contributed by atoms with Crippen LogP contribution in [0, 0.1) is 23.3 Å². The van der Waals surface area contributed by atoms with Crippen LogP contribution in [0.1, 0.15) is 18.4 Å². The Morgan fingerprint density at radius 1 is 0.933 bits per heavy atom. The van der Waals surface area contributed by atoms with E-state index in [1.54, 1.807) is 0 Å². The summed E-state index contributed by atoms with van der Waals surface area (Å²) in [5.41, 5.74) is 3.58. The van der Waals surface area contributed by atoms with Crippen molar-refractivity contribution < 1.29 is 17.6 Å². The van der Waals surface area contributed by atoms with Gasteiger partial charge in [-0.3, -0.25) is 0 Å².